The number of anilines is 1. The van der Waals surface area contributed by atoms with Gasteiger partial charge in [0, 0.05) is 18.3 Å². The summed E-state index contributed by atoms with van der Waals surface area (Å²) in [6.07, 6.45) is 1.23. The molecule has 32 heavy (non-hydrogen) atoms. The molecule has 2 aromatic carbocycles. The Balaban J connectivity index is 1.69. The van der Waals surface area contributed by atoms with Crippen LogP contribution in [0.4, 0.5) is 14.5 Å². The Hall–Kier alpha value is -3.40. The second-order valence-electron chi connectivity index (χ2n) is 6.62. The van der Waals surface area contributed by atoms with E-state index in [-0.39, 0.29) is 11.4 Å². The number of halogens is 2. The molecule has 0 spiro atoms. The van der Waals surface area contributed by atoms with E-state index in [4.69, 9.17) is 9.47 Å². The summed E-state index contributed by atoms with van der Waals surface area (Å²) in [5, 5.41) is 11.4. The van der Waals surface area contributed by atoms with Crippen LogP contribution in [0.25, 0.3) is 0 Å². The molecule has 0 aliphatic heterocycles. The number of thioether (sulfide) groups is 1. The Morgan fingerprint density at radius 3 is 2.66 bits per heavy atom. The van der Waals surface area contributed by atoms with Gasteiger partial charge in [-0.2, -0.15) is 0 Å². The van der Waals surface area contributed by atoms with Crippen molar-refractivity contribution in [3.05, 3.63) is 72.6 Å². The number of carbonyl (C=O) groups is 1. The number of nitrogens with zero attached hydrogens (tertiary/aromatic N) is 3. The number of hydrogen-bond donors (Lipinski definition) is 1. The Morgan fingerprint density at radius 1 is 1.22 bits per heavy atom. The molecular formula is C22H22F2N4O3S. The number of amides is 1. The molecule has 1 unspecified atom stereocenters. The normalized spacial score (nSPS) is 11.6. The standard InChI is InChI=1S/C22H22F2N4O3S/c1-4-11-28-21(14(2)31-19-8-6-5-7-18(19)30-3)26-27-22(28)32-13-20(29)25-15-9-10-16(23)17(24)12-15/h4-10,12,14H,1,11,13H2,2-3H3,(H,25,29). The average Bonchev–Trinajstić information content (AvgIpc) is 3.18. The summed E-state index contributed by atoms with van der Waals surface area (Å²) in [5.74, 6) is -0.695. The Bertz CT molecular complexity index is 1110. The Kier molecular flexibility index (Phi) is 7.82. The summed E-state index contributed by atoms with van der Waals surface area (Å²) < 4.78 is 39.5. The minimum atomic E-state index is -1.03. The lowest BCUT2D eigenvalue weighted by Crippen LogP contribution is -2.16. The molecule has 168 valence electrons. The molecule has 1 amide bonds. The predicted octanol–water partition coefficient (Wildman–Crippen LogP) is 4.62. The van der Waals surface area contributed by atoms with E-state index in [9.17, 15) is 13.6 Å². The first-order valence-corrected chi connectivity index (χ1v) is 10.6. The van der Waals surface area contributed by atoms with Crippen molar-refractivity contribution in [1.82, 2.24) is 14.8 Å². The zero-order valence-corrected chi connectivity index (χ0v) is 18.4. The van der Waals surface area contributed by atoms with E-state index in [0.717, 1.165) is 23.9 Å². The zero-order valence-electron chi connectivity index (χ0n) is 17.5. The van der Waals surface area contributed by atoms with Crippen LogP contribution in [0.3, 0.4) is 0 Å². The van der Waals surface area contributed by atoms with Crippen LogP contribution >= 0.6 is 11.8 Å². The highest BCUT2D eigenvalue weighted by Gasteiger charge is 2.21. The molecule has 0 fully saturated rings. The van der Waals surface area contributed by atoms with Gasteiger partial charge in [-0.25, -0.2) is 8.78 Å². The molecule has 1 heterocycles. The van der Waals surface area contributed by atoms with Crippen molar-refractivity contribution in [1.29, 1.82) is 0 Å². The van der Waals surface area contributed by atoms with Crippen LogP contribution < -0.4 is 14.8 Å². The van der Waals surface area contributed by atoms with Crippen molar-refractivity contribution in [2.75, 3.05) is 18.2 Å². The number of carbonyl (C=O) groups excluding carboxylic acids is 1. The lowest BCUT2D eigenvalue weighted by Gasteiger charge is -2.17. The zero-order chi connectivity index (χ0) is 23.1. The van der Waals surface area contributed by atoms with E-state index >= 15 is 0 Å². The fraction of sp³-hybridized carbons (Fsp3) is 0.227. The molecule has 0 saturated heterocycles. The predicted molar refractivity (Wildman–Crippen MR) is 118 cm³/mol. The van der Waals surface area contributed by atoms with Gasteiger partial charge in [-0.1, -0.05) is 30.0 Å². The number of para-hydroxylation sites is 2. The number of allylic oxidation sites excluding steroid dienone is 1. The van der Waals surface area contributed by atoms with Gasteiger partial charge in [0.05, 0.1) is 12.9 Å². The molecule has 3 rings (SSSR count). The average molecular weight is 461 g/mol. The van der Waals surface area contributed by atoms with Crippen molar-refractivity contribution >= 4 is 23.4 Å². The summed E-state index contributed by atoms with van der Waals surface area (Å²) in [4.78, 5) is 12.2. The van der Waals surface area contributed by atoms with Crippen LogP contribution in [0.1, 0.15) is 18.9 Å². The largest absolute Gasteiger partial charge is 0.493 e. The van der Waals surface area contributed by atoms with Crippen molar-refractivity contribution in [2.24, 2.45) is 0 Å². The van der Waals surface area contributed by atoms with Gasteiger partial charge in [-0.3, -0.25) is 9.36 Å². The van der Waals surface area contributed by atoms with Crippen LogP contribution in [0.2, 0.25) is 0 Å². The highest BCUT2D eigenvalue weighted by molar-refractivity contribution is 7.99. The van der Waals surface area contributed by atoms with Gasteiger partial charge in [0.25, 0.3) is 0 Å². The van der Waals surface area contributed by atoms with Gasteiger partial charge in [0.2, 0.25) is 5.91 Å². The minimum absolute atomic E-state index is 0.00395. The fourth-order valence-electron chi connectivity index (χ4n) is 2.87. The summed E-state index contributed by atoms with van der Waals surface area (Å²) >= 11 is 1.16. The quantitative estimate of drug-likeness (QED) is 0.351. The number of aromatic nitrogens is 3. The number of methoxy groups -OCH3 is 1. The van der Waals surface area contributed by atoms with E-state index in [1.54, 1.807) is 29.9 Å². The number of rotatable bonds is 10. The number of benzene rings is 2. The molecule has 0 saturated carbocycles. The van der Waals surface area contributed by atoms with Crippen molar-refractivity contribution in [2.45, 2.75) is 24.7 Å². The van der Waals surface area contributed by atoms with E-state index < -0.39 is 23.6 Å². The highest BCUT2D eigenvalue weighted by Crippen LogP contribution is 2.31. The van der Waals surface area contributed by atoms with Gasteiger partial charge >= 0.3 is 0 Å². The number of nitrogens with one attached hydrogen (secondary N) is 1. The van der Waals surface area contributed by atoms with E-state index in [2.05, 4.69) is 22.1 Å². The third-order valence-corrected chi connectivity index (χ3v) is 5.30. The van der Waals surface area contributed by atoms with Crippen LogP contribution in [0, 0.1) is 11.6 Å². The smallest absolute Gasteiger partial charge is 0.234 e. The van der Waals surface area contributed by atoms with Crippen LogP contribution in [0.5, 0.6) is 11.5 Å². The molecule has 1 N–H and O–H groups in total. The lowest BCUT2D eigenvalue weighted by atomic mass is 10.3. The lowest BCUT2D eigenvalue weighted by molar-refractivity contribution is -0.113. The van der Waals surface area contributed by atoms with Gasteiger partial charge < -0.3 is 14.8 Å². The molecule has 0 aliphatic carbocycles. The first-order chi connectivity index (χ1) is 15.4. The SMILES string of the molecule is C=CCn1c(SCC(=O)Nc2ccc(F)c(F)c2)nnc1C(C)Oc1ccccc1OC. The van der Waals surface area contributed by atoms with Crippen LogP contribution in [-0.2, 0) is 11.3 Å². The third-order valence-electron chi connectivity index (χ3n) is 4.33. The third kappa shape index (κ3) is 5.64. The van der Waals surface area contributed by atoms with Gasteiger partial charge in [-0.05, 0) is 31.2 Å². The number of hydrogen-bond acceptors (Lipinski definition) is 6. The molecular weight excluding hydrogens is 438 g/mol. The Morgan fingerprint density at radius 2 is 1.97 bits per heavy atom. The second kappa shape index (κ2) is 10.8. The summed E-state index contributed by atoms with van der Waals surface area (Å²) in [5.41, 5.74) is 0.168. The maximum Gasteiger partial charge on any atom is 0.234 e. The summed E-state index contributed by atoms with van der Waals surface area (Å²) in [6, 6.07) is 10.4. The van der Waals surface area contributed by atoms with Gasteiger partial charge in [-0.15, -0.1) is 16.8 Å². The van der Waals surface area contributed by atoms with Crippen molar-refractivity contribution in [3.63, 3.8) is 0 Å². The maximum atomic E-state index is 13.3. The molecule has 3 aromatic rings. The fourth-order valence-corrected chi connectivity index (χ4v) is 3.62. The van der Waals surface area contributed by atoms with E-state index in [1.807, 2.05) is 19.1 Å². The topological polar surface area (TPSA) is 78.3 Å². The maximum absolute atomic E-state index is 13.3. The van der Waals surface area contributed by atoms with E-state index in [1.165, 1.54) is 6.07 Å². The summed E-state index contributed by atoms with van der Waals surface area (Å²) in [6.45, 7) is 6.01. The summed E-state index contributed by atoms with van der Waals surface area (Å²) in [7, 11) is 1.56. The van der Waals surface area contributed by atoms with Crippen LogP contribution in [-0.4, -0.2) is 33.5 Å². The molecule has 1 aromatic heterocycles. The minimum Gasteiger partial charge on any atom is -0.493 e. The molecule has 0 bridgehead atoms. The molecule has 7 nitrogen and oxygen atoms in total. The highest BCUT2D eigenvalue weighted by atomic mass is 32.2. The monoisotopic (exact) mass is 460 g/mol. The van der Waals surface area contributed by atoms with Crippen LogP contribution in [0.15, 0.2) is 60.3 Å². The molecule has 1 atom stereocenters. The molecule has 0 radical (unpaired) electrons. The van der Waals surface area contributed by atoms with Crippen molar-refractivity contribution in [3.8, 4) is 11.5 Å². The second-order valence-corrected chi connectivity index (χ2v) is 7.56. The first kappa shape index (κ1) is 23.3. The van der Waals surface area contributed by atoms with Crippen molar-refractivity contribution < 1.29 is 23.0 Å². The van der Waals surface area contributed by atoms with E-state index in [0.29, 0.717) is 29.0 Å². The van der Waals surface area contributed by atoms with Gasteiger partial charge in [0.15, 0.2) is 40.2 Å². The molecule has 0 aliphatic rings. The Labute approximate surface area is 188 Å². The molecule has 10 heteroatoms. The first-order valence-electron chi connectivity index (χ1n) is 9.64. The van der Waals surface area contributed by atoms with Gasteiger partial charge in [0.1, 0.15) is 0 Å². The number of ether oxygens (including phenoxy) is 2.